The highest BCUT2D eigenvalue weighted by atomic mass is 16.5. The number of nitrogens with zero attached hydrogens (tertiary/aromatic N) is 3. The lowest BCUT2D eigenvalue weighted by Gasteiger charge is -2.21. The van der Waals surface area contributed by atoms with E-state index in [1.165, 1.54) is 6.39 Å². The third kappa shape index (κ3) is 3.03. The summed E-state index contributed by atoms with van der Waals surface area (Å²) < 4.78 is 4.58. The molecule has 1 aromatic heterocycles. The molecule has 6 heteroatoms. The number of carbonyl (C=O) groups excluding carboxylic acids is 1. The first kappa shape index (κ1) is 13.2. The number of aromatic nitrogens is 2. The number of carbonyl (C=O) groups is 1. The lowest BCUT2D eigenvalue weighted by molar-refractivity contribution is -0.128. The van der Waals surface area contributed by atoms with Crippen LogP contribution in [0.15, 0.2) is 10.9 Å². The highest BCUT2D eigenvalue weighted by Gasteiger charge is 2.34. The summed E-state index contributed by atoms with van der Waals surface area (Å²) in [7, 11) is 0. The molecule has 6 nitrogen and oxygen atoms in total. The van der Waals surface area contributed by atoms with Crippen molar-refractivity contribution in [3.63, 3.8) is 0 Å². The van der Waals surface area contributed by atoms with Crippen LogP contribution in [-0.2, 0) is 11.2 Å². The summed E-state index contributed by atoms with van der Waals surface area (Å²) in [4.78, 5) is 15.7. The predicted octanol–water partition coefficient (Wildman–Crippen LogP) is 1.06. The van der Waals surface area contributed by atoms with Crippen molar-refractivity contribution in [3.8, 4) is 6.07 Å². The van der Waals surface area contributed by atoms with E-state index in [0.717, 1.165) is 0 Å². The van der Waals surface area contributed by atoms with Gasteiger partial charge in [-0.3, -0.25) is 4.79 Å². The summed E-state index contributed by atoms with van der Waals surface area (Å²) >= 11 is 0. The van der Waals surface area contributed by atoms with Crippen LogP contribution in [0.5, 0.6) is 0 Å². The van der Waals surface area contributed by atoms with Gasteiger partial charge in [0, 0.05) is 13.0 Å². The van der Waals surface area contributed by atoms with Gasteiger partial charge in [-0.25, -0.2) is 0 Å². The summed E-state index contributed by atoms with van der Waals surface area (Å²) in [6.07, 6.45) is 2.76. The van der Waals surface area contributed by atoms with E-state index < -0.39 is 5.41 Å². The molecule has 0 unspecified atom stereocenters. The second kappa shape index (κ2) is 5.99. The Morgan fingerprint density at radius 1 is 1.59 bits per heavy atom. The van der Waals surface area contributed by atoms with Gasteiger partial charge >= 0.3 is 0 Å². The van der Waals surface area contributed by atoms with Gasteiger partial charge in [-0.2, -0.15) is 10.2 Å². The Hall–Kier alpha value is -1.90. The molecule has 0 aliphatic heterocycles. The summed E-state index contributed by atoms with van der Waals surface area (Å²) in [5.41, 5.74) is -0.919. The van der Waals surface area contributed by atoms with Crippen molar-refractivity contribution in [2.24, 2.45) is 5.41 Å². The molecule has 92 valence electrons. The monoisotopic (exact) mass is 236 g/mol. The van der Waals surface area contributed by atoms with Crippen LogP contribution in [0.4, 0.5) is 0 Å². The average Bonchev–Trinajstić information content (AvgIpc) is 2.85. The molecule has 1 rings (SSSR count). The van der Waals surface area contributed by atoms with Crippen LogP contribution < -0.4 is 5.32 Å². The number of amides is 1. The van der Waals surface area contributed by atoms with Crippen molar-refractivity contribution in [3.05, 3.63) is 12.2 Å². The zero-order valence-electron chi connectivity index (χ0n) is 10.1. The molecule has 0 atom stereocenters. The van der Waals surface area contributed by atoms with Crippen molar-refractivity contribution < 1.29 is 9.32 Å². The van der Waals surface area contributed by atoms with Crippen LogP contribution in [0.2, 0.25) is 0 Å². The maximum atomic E-state index is 11.9. The molecule has 0 aliphatic carbocycles. The minimum Gasteiger partial charge on any atom is -0.354 e. The Morgan fingerprint density at radius 2 is 2.29 bits per heavy atom. The van der Waals surface area contributed by atoms with Crippen LogP contribution in [0.3, 0.4) is 0 Å². The molecule has 1 aromatic rings. The average molecular weight is 236 g/mol. The molecule has 17 heavy (non-hydrogen) atoms. The van der Waals surface area contributed by atoms with Gasteiger partial charge in [0.2, 0.25) is 12.3 Å². The van der Waals surface area contributed by atoms with Crippen molar-refractivity contribution in [1.82, 2.24) is 15.5 Å². The van der Waals surface area contributed by atoms with Crippen LogP contribution in [-0.4, -0.2) is 22.6 Å². The standard InChI is InChI=1S/C11H16N4O2/c1-3-11(4-2,7-12)10(16)13-6-5-9-14-8-17-15-9/h8H,3-6H2,1-2H3,(H,13,16). The van der Waals surface area contributed by atoms with E-state index in [1.54, 1.807) is 0 Å². The van der Waals surface area contributed by atoms with Gasteiger partial charge in [0.15, 0.2) is 5.82 Å². The van der Waals surface area contributed by atoms with Crippen molar-refractivity contribution in [2.45, 2.75) is 33.1 Å². The van der Waals surface area contributed by atoms with Crippen molar-refractivity contribution >= 4 is 5.91 Å². The SMILES string of the molecule is CCC(C#N)(CC)C(=O)NCCc1ncon1. The summed E-state index contributed by atoms with van der Waals surface area (Å²) in [5, 5.41) is 15.4. The molecule has 0 aliphatic rings. The summed E-state index contributed by atoms with van der Waals surface area (Å²) in [5.74, 6) is 0.314. The lowest BCUT2D eigenvalue weighted by Crippen LogP contribution is -2.40. The molecule has 0 fully saturated rings. The normalized spacial score (nSPS) is 10.9. The molecular formula is C11H16N4O2. The smallest absolute Gasteiger partial charge is 0.240 e. The molecule has 1 amide bonds. The van der Waals surface area contributed by atoms with E-state index in [0.29, 0.717) is 31.6 Å². The minimum absolute atomic E-state index is 0.228. The van der Waals surface area contributed by atoms with Gasteiger partial charge in [-0.1, -0.05) is 19.0 Å². The van der Waals surface area contributed by atoms with Crippen molar-refractivity contribution in [1.29, 1.82) is 5.26 Å². The van der Waals surface area contributed by atoms with Gasteiger partial charge in [-0.05, 0) is 12.8 Å². The zero-order chi connectivity index (χ0) is 12.7. The molecule has 0 radical (unpaired) electrons. The number of nitrogens with one attached hydrogen (secondary N) is 1. The predicted molar refractivity (Wildman–Crippen MR) is 59.6 cm³/mol. The second-order valence-electron chi connectivity index (χ2n) is 3.75. The molecule has 0 aromatic carbocycles. The Labute approximate surface area is 100 Å². The molecule has 1 N–H and O–H groups in total. The highest BCUT2D eigenvalue weighted by molar-refractivity contribution is 5.85. The molecule has 0 bridgehead atoms. The van der Waals surface area contributed by atoms with E-state index >= 15 is 0 Å². The third-order valence-electron chi connectivity index (χ3n) is 2.90. The first-order valence-electron chi connectivity index (χ1n) is 5.63. The van der Waals surface area contributed by atoms with Crippen molar-refractivity contribution in [2.75, 3.05) is 6.54 Å². The quantitative estimate of drug-likeness (QED) is 0.797. The van der Waals surface area contributed by atoms with Crippen LogP contribution in [0.25, 0.3) is 0 Å². The largest absolute Gasteiger partial charge is 0.354 e. The maximum Gasteiger partial charge on any atom is 0.240 e. The Morgan fingerprint density at radius 3 is 2.76 bits per heavy atom. The first-order valence-corrected chi connectivity index (χ1v) is 5.63. The van der Waals surface area contributed by atoms with E-state index in [9.17, 15) is 4.79 Å². The van der Waals surface area contributed by atoms with Gasteiger partial charge < -0.3 is 9.84 Å². The molecule has 1 heterocycles. The summed E-state index contributed by atoms with van der Waals surface area (Å²) in [6.45, 7) is 4.08. The number of rotatable bonds is 6. The maximum absolute atomic E-state index is 11.9. The minimum atomic E-state index is -0.919. The van der Waals surface area contributed by atoms with Crippen LogP contribution in [0, 0.1) is 16.7 Å². The first-order chi connectivity index (χ1) is 8.18. The number of hydrogen-bond acceptors (Lipinski definition) is 5. The molecular weight excluding hydrogens is 220 g/mol. The zero-order valence-corrected chi connectivity index (χ0v) is 10.1. The van der Waals surface area contributed by atoms with E-state index in [2.05, 4.69) is 26.0 Å². The van der Waals surface area contributed by atoms with Gasteiger partial charge in [0.25, 0.3) is 0 Å². The number of hydrogen-bond donors (Lipinski definition) is 1. The molecule has 0 spiro atoms. The van der Waals surface area contributed by atoms with Crippen LogP contribution in [0.1, 0.15) is 32.5 Å². The molecule has 0 saturated heterocycles. The topological polar surface area (TPSA) is 91.8 Å². The van der Waals surface area contributed by atoms with Gasteiger partial charge in [-0.15, -0.1) is 0 Å². The number of nitriles is 1. The molecule has 0 saturated carbocycles. The fourth-order valence-corrected chi connectivity index (χ4v) is 1.54. The fraction of sp³-hybridized carbons (Fsp3) is 0.636. The second-order valence-corrected chi connectivity index (χ2v) is 3.75. The third-order valence-corrected chi connectivity index (χ3v) is 2.90. The van der Waals surface area contributed by atoms with E-state index in [1.807, 2.05) is 13.8 Å². The summed E-state index contributed by atoms with van der Waals surface area (Å²) in [6, 6.07) is 2.10. The van der Waals surface area contributed by atoms with E-state index in [4.69, 9.17) is 5.26 Å². The van der Waals surface area contributed by atoms with Crippen LogP contribution >= 0.6 is 0 Å². The Bertz CT molecular complexity index is 390. The Kier molecular flexibility index (Phi) is 4.64. The lowest BCUT2D eigenvalue weighted by atomic mass is 9.83. The fourth-order valence-electron chi connectivity index (χ4n) is 1.54. The van der Waals surface area contributed by atoms with Gasteiger partial charge in [0.1, 0.15) is 5.41 Å². The Balaban J connectivity index is 2.46. The highest BCUT2D eigenvalue weighted by Crippen LogP contribution is 2.25. The van der Waals surface area contributed by atoms with E-state index in [-0.39, 0.29) is 5.91 Å². The van der Waals surface area contributed by atoms with Gasteiger partial charge in [0.05, 0.1) is 6.07 Å².